The van der Waals surface area contributed by atoms with Crippen molar-refractivity contribution >= 4 is 21.6 Å². The number of nitro benzene ring substituents is 1. The Hall–Kier alpha value is -0.940. The van der Waals surface area contributed by atoms with Gasteiger partial charge in [0.05, 0.1) is 4.92 Å². The second kappa shape index (κ2) is 6.48. The molecule has 5 heteroatoms. The topological polar surface area (TPSA) is 55.2 Å². The Morgan fingerprint density at radius 1 is 1.42 bits per heavy atom. The molecule has 0 fully saturated rings. The van der Waals surface area contributed by atoms with Crippen LogP contribution in [0, 0.1) is 21.4 Å². The van der Waals surface area contributed by atoms with E-state index in [2.05, 4.69) is 48.9 Å². The number of rotatable bonds is 6. The van der Waals surface area contributed by atoms with Crippen LogP contribution in [0.15, 0.2) is 22.7 Å². The first-order valence-electron chi connectivity index (χ1n) is 6.37. The number of nitro groups is 1. The molecule has 19 heavy (non-hydrogen) atoms. The Labute approximate surface area is 122 Å². The normalized spacial score (nSPS) is 11.9. The fraction of sp³-hybridized carbons (Fsp3) is 0.571. The van der Waals surface area contributed by atoms with Crippen molar-refractivity contribution in [2.45, 2.75) is 34.2 Å². The van der Waals surface area contributed by atoms with Gasteiger partial charge >= 0.3 is 0 Å². The molecule has 0 radical (unpaired) electrons. The molecular weight excluding hydrogens is 308 g/mol. The summed E-state index contributed by atoms with van der Waals surface area (Å²) in [4.78, 5) is 10.6. The minimum Gasteiger partial charge on any atom is -0.312 e. The number of nitrogens with one attached hydrogen (secondary N) is 1. The maximum absolute atomic E-state index is 11.0. The summed E-state index contributed by atoms with van der Waals surface area (Å²) in [6, 6.07) is 5.03. The van der Waals surface area contributed by atoms with E-state index < -0.39 is 0 Å². The lowest BCUT2D eigenvalue weighted by Crippen LogP contribution is -2.33. The second-order valence-corrected chi connectivity index (χ2v) is 6.69. The van der Waals surface area contributed by atoms with Crippen LogP contribution in [0.2, 0.25) is 0 Å². The van der Waals surface area contributed by atoms with Crippen molar-refractivity contribution in [2.24, 2.45) is 11.3 Å². The zero-order chi connectivity index (χ0) is 14.6. The fourth-order valence-electron chi connectivity index (χ4n) is 1.60. The largest absolute Gasteiger partial charge is 0.312 e. The molecule has 1 rings (SSSR count). The van der Waals surface area contributed by atoms with Gasteiger partial charge < -0.3 is 5.32 Å². The lowest BCUT2D eigenvalue weighted by molar-refractivity contribution is -0.385. The van der Waals surface area contributed by atoms with Gasteiger partial charge in [0.15, 0.2) is 0 Å². The molecular formula is C14H21BrN2O2. The van der Waals surface area contributed by atoms with Crippen LogP contribution in [0.1, 0.15) is 33.3 Å². The van der Waals surface area contributed by atoms with Crippen molar-refractivity contribution in [3.05, 3.63) is 38.3 Å². The molecule has 0 atom stereocenters. The average Bonchev–Trinajstić information content (AvgIpc) is 2.28. The number of hydrogen-bond acceptors (Lipinski definition) is 3. The number of nitrogens with zero attached hydrogens (tertiary/aromatic N) is 1. The highest BCUT2D eigenvalue weighted by Gasteiger charge is 2.22. The molecule has 0 unspecified atom stereocenters. The summed E-state index contributed by atoms with van der Waals surface area (Å²) in [5.74, 6) is 0.553. The zero-order valence-electron chi connectivity index (χ0n) is 11.9. The van der Waals surface area contributed by atoms with E-state index in [4.69, 9.17) is 0 Å². The third-order valence-electron chi connectivity index (χ3n) is 3.70. The fourth-order valence-corrected chi connectivity index (χ4v) is 2.01. The van der Waals surface area contributed by atoms with Crippen molar-refractivity contribution in [1.82, 2.24) is 5.32 Å². The van der Waals surface area contributed by atoms with Crippen LogP contribution in [-0.4, -0.2) is 11.5 Å². The van der Waals surface area contributed by atoms with Crippen molar-refractivity contribution in [3.8, 4) is 0 Å². The standard InChI is InChI=1S/C14H21BrN2O2/c1-10(2)14(3,4)9-16-8-11-7-12(15)5-6-13(11)17(18)19/h5-7,10,16H,8-9H2,1-4H3. The van der Waals surface area contributed by atoms with Crippen LogP contribution in [0.4, 0.5) is 5.69 Å². The van der Waals surface area contributed by atoms with Crippen molar-refractivity contribution < 1.29 is 4.92 Å². The Bertz CT molecular complexity index is 459. The van der Waals surface area contributed by atoms with Crippen LogP contribution in [0.3, 0.4) is 0 Å². The highest BCUT2D eigenvalue weighted by Crippen LogP contribution is 2.26. The summed E-state index contributed by atoms with van der Waals surface area (Å²) >= 11 is 3.35. The minimum absolute atomic E-state index is 0.165. The van der Waals surface area contributed by atoms with Gasteiger partial charge in [-0.15, -0.1) is 0 Å². The summed E-state index contributed by atoms with van der Waals surface area (Å²) < 4.78 is 0.859. The van der Waals surface area contributed by atoms with E-state index in [1.54, 1.807) is 12.1 Å². The molecule has 0 spiro atoms. The summed E-state index contributed by atoms with van der Waals surface area (Å²) in [6.45, 7) is 10.1. The third kappa shape index (κ3) is 4.58. The van der Waals surface area contributed by atoms with Gasteiger partial charge in [-0.2, -0.15) is 0 Å². The van der Waals surface area contributed by atoms with E-state index in [1.807, 2.05) is 0 Å². The average molecular weight is 329 g/mol. The summed E-state index contributed by atoms with van der Waals surface area (Å²) in [5.41, 5.74) is 1.04. The van der Waals surface area contributed by atoms with Gasteiger partial charge in [-0.25, -0.2) is 0 Å². The predicted molar refractivity (Wildman–Crippen MR) is 81.1 cm³/mol. The third-order valence-corrected chi connectivity index (χ3v) is 4.19. The van der Waals surface area contributed by atoms with Gasteiger partial charge in [0.25, 0.3) is 5.69 Å². The Balaban J connectivity index is 2.73. The molecule has 1 aromatic carbocycles. The lowest BCUT2D eigenvalue weighted by atomic mass is 9.81. The Kier molecular flexibility index (Phi) is 5.50. The maximum atomic E-state index is 11.0. The SMILES string of the molecule is CC(C)C(C)(C)CNCc1cc(Br)ccc1[N+](=O)[O-]. The first-order valence-corrected chi connectivity index (χ1v) is 7.17. The lowest BCUT2D eigenvalue weighted by Gasteiger charge is -2.29. The summed E-state index contributed by atoms with van der Waals surface area (Å²) in [6.07, 6.45) is 0. The van der Waals surface area contributed by atoms with E-state index in [0.29, 0.717) is 18.0 Å². The number of hydrogen-bond donors (Lipinski definition) is 1. The molecule has 0 aliphatic carbocycles. The van der Waals surface area contributed by atoms with Gasteiger partial charge in [0, 0.05) is 29.2 Å². The van der Waals surface area contributed by atoms with Crippen LogP contribution < -0.4 is 5.32 Å². The molecule has 106 valence electrons. The van der Waals surface area contributed by atoms with Crippen LogP contribution in [-0.2, 0) is 6.54 Å². The number of halogens is 1. The molecule has 0 saturated carbocycles. The summed E-state index contributed by atoms with van der Waals surface area (Å²) in [5, 5.41) is 14.3. The van der Waals surface area contributed by atoms with Crippen molar-refractivity contribution in [3.63, 3.8) is 0 Å². The van der Waals surface area contributed by atoms with Gasteiger partial charge in [0.1, 0.15) is 0 Å². The molecule has 0 saturated heterocycles. The first-order chi connectivity index (χ1) is 8.74. The molecule has 0 aliphatic rings. The first kappa shape index (κ1) is 16.1. The predicted octanol–water partition coefficient (Wildman–Crippen LogP) is 4.13. The van der Waals surface area contributed by atoms with Crippen LogP contribution >= 0.6 is 15.9 Å². The van der Waals surface area contributed by atoms with Crippen molar-refractivity contribution in [2.75, 3.05) is 6.54 Å². The Morgan fingerprint density at radius 2 is 2.05 bits per heavy atom. The maximum Gasteiger partial charge on any atom is 0.273 e. The second-order valence-electron chi connectivity index (χ2n) is 5.78. The molecule has 0 heterocycles. The van der Waals surface area contributed by atoms with E-state index >= 15 is 0 Å². The van der Waals surface area contributed by atoms with Gasteiger partial charge in [-0.1, -0.05) is 43.6 Å². The van der Waals surface area contributed by atoms with E-state index in [-0.39, 0.29) is 16.0 Å². The van der Waals surface area contributed by atoms with Gasteiger partial charge in [-0.3, -0.25) is 10.1 Å². The minimum atomic E-state index is -0.336. The monoisotopic (exact) mass is 328 g/mol. The smallest absolute Gasteiger partial charge is 0.273 e. The highest BCUT2D eigenvalue weighted by molar-refractivity contribution is 9.10. The molecule has 0 aliphatic heterocycles. The van der Waals surface area contributed by atoms with Crippen LogP contribution in [0.5, 0.6) is 0 Å². The van der Waals surface area contributed by atoms with E-state index in [1.165, 1.54) is 6.07 Å². The Morgan fingerprint density at radius 3 is 2.58 bits per heavy atom. The quantitative estimate of drug-likeness (QED) is 0.631. The van der Waals surface area contributed by atoms with Crippen LogP contribution in [0.25, 0.3) is 0 Å². The molecule has 1 aromatic rings. The highest BCUT2D eigenvalue weighted by atomic mass is 79.9. The molecule has 1 N–H and O–H groups in total. The number of benzene rings is 1. The zero-order valence-corrected chi connectivity index (χ0v) is 13.5. The molecule has 0 aromatic heterocycles. The van der Waals surface area contributed by atoms with E-state index in [0.717, 1.165) is 11.0 Å². The van der Waals surface area contributed by atoms with Crippen molar-refractivity contribution in [1.29, 1.82) is 0 Å². The molecule has 0 amide bonds. The van der Waals surface area contributed by atoms with E-state index in [9.17, 15) is 10.1 Å². The molecule has 4 nitrogen and oxygen atoms in total. The molecule has 0 bridgehead atoms. The van der Waals surface area contributed by atoms with Gasteiger partial charge in [-0.05, 0) is 23.5 Å². The van der Waals surface area contributed by atoms with Gasteiger partial charge in [0.2, 0.25) is 0 Å². The summed E-state index contributed by atoms with van der Waals surface area (Å²) in [7, 11) is 0.